The highest BCUT2D eigenvalue weighted by molar-refractivity contribution is 7.90. The molecule has 0 unspecified atom stereocenters. The maximum Gasteiger partial charge on any atom is 0.255 e. The fraction of sp³-hybridized carbons (Fsp3) is 0.562. The second-order valence-electron chi connectivity index (χ2n) is 6.50. The average Bonchev–Trinajstić information content (AvgIpc) is 2.36. The third kappa shape index (κ3) is 4.47. The molecule has 6 heteroatoms. The normalized spacial score (nSPS) is 12.2. The minimum atomic E-state index is -3.63. The van der Waals surface area contributed by atoms with Crippen molar-refractivity contribution in [2.75, 3.05) is 12.8 Å². The molecule has 0 radical (unpaired) electrons. The zero-order valence-electron chi connectivity index (χ0n) is 13.9. The summed E-state index contributed by atoms with van der Waals surface area (Å²) in [5.41, 5.74) is 0.348. The molecule has 0 aliphatic rings. The van der Waals surface area contributed by atoms with Crippen LogP contribution in [-0.4, -0.2) is 32.2 Å². The third-order valence-corrected chi connectivity index (χ3v) is 4.51. The Bertz CT molecular complexity index is 657. The Labute approximate surface area is 132 Å². The number of rotatable bonds is 5. The number of phenols is 1. The highest BCUT2D eigenvalue weighted by atomic mass is 32.2. The number of benzene rings is 1. The molecular formula is C16H25NO4S. The molecule has 0 heterocycles. The van der Waals surface area contributed by atoms with Gasteiger partial charge in [0.1, 0.15) is 10.6 Å². The van der Waals surface area contributed by atoms with Gasteiger partial charge in [-0.3, -0.25) is 4.79 Å². The van der Waals surface area contributed by atoms with E-state index in [-0.39, 0.29) is 15.9 Å². The number of sulfone groups is 1. The van der Waals surface area contributed by atoms with Gasteiger partial charge in [0.15, 0.2) is 9.84 Å². The molecule has 2 N–H and O–H groups in total. The van der Waals surface area contributed by atoms with E-state index >= 15 is 0 Å². The van der Waals surface area contributed by atoms with Crippen molar-refractivity contribution in [3.63, 3.8) is 0 Å². The van der Waals surface area contributed by atoms with Crippen LogP contribution in [0.25, 0.3) is 0 Å². The Kier molecular flexibility index (Phi) is 5.62. The van der Waals surface area contributed by atoms with Gasteiger partial charge in [0, 0.05) is 12.8 Å². The lowest BCUT2D eigenvalue weighted by Crippen LogP contribution is -2.25. The van der Waals surface area contributed by atoms with Gasteiger partial charge in [-0.25, -0.2) is 8.42 Å². The van der Waals surface area contributed by atoms with Crippen LogP contribution in [0.5, 0.6) is 5.75 Å². The Morgan fingerprint density at radius 2 is 1.86 bits per heavy atom. The first-order valence-electron chi connectivity index (χ1n) is 7.34. The lowest BCUT2D eigenvalue weighted by Gasteiger charge is -2.21. The van der Waals surface area contributed by atoms with E-state index in [1.165, 1.54) is 6.07 Å². The molecule has 0 spiro atoms. The van der Waals surface area contributed by atoms with Crippen molar-refractivity contribution in [1.82, 2.24) is 5.32 Å². The van der Waals surface area contributed by atoms with Crippen LogP contribution in [0.1, 0.15) is 56.5 Å². The largest absolute Gasteiger partial charge is 0.506 e. The summed E-state index contributed by atoms with van der Waals surface area (Å²) >= 11 is 0. The van der Waals surface area contributed by atoms with Crippen LogP contribution >= 0.6 is 0 Å². The van der Waals surface area contributed by atoms with Gasteiger partial charge in [-0.15, -0.1) is 0 Å². The van der Waals surface area contributed by atoms with Gasteiger partial charge < -0.3 is 10.4 Å². The number of nitrogens with one attached hydrogen (secondary N) is 1. The molecule has 1 aromatic carbocycles. The van der Waals surface area contributed by atoms with Gasteiger partial charge >= 0.3 is 0 Å². The van der Waals surface area contributed by atoms with Crippen molar-refractivity contribution in [2.45, 2.75) is 50.8 Å². The summed E-state index contributed by atoms with van der Waals surface area (Å²) in [5, 5.41) is 12.9. The van der Waals surface area contributed by atoms with E-state index in [2.05, 4.69) is 5.32 Å². The molecular weight excluding hydrogens is 302 g/mol. The summed E-state index contributed by atoms with van der Waals surface area (Å²) in [6.45, 7) is 8.26. The molecule has 0 fully saturated rings. The summed E-state index contributed by atoms with van der Waals surface area (Å²) < 4.78 is 23.8. The van der Waals surface area contributed by atoms with Crippen LogP contribution in [-0.2, 0) is 15.3 Å². The predicted octanol–water partition coefficient (Wildman–Crippen LogP) is 2.62. The van der Waals surface area contributed by atoms with Crippen molar-refractivity contribution in [1.29, 1.82) is 0 Å². The first kappa shape index (κ1) is 18.5. The van der Waals surface area contributed by atoms with E-state index in [0.717, 1.165) is 19.1 Å². The molecule has 0 atom stereocenters. The molecule has 0 aromatic heterocycles. The maximum absolute atomic E-state index is 12.2. The molecule has 0 saturated heterocycles. The van der Waals surface area contributed by atoms with Crippen molar-refractivity contribution < 1.29 is 18.3 Å². The second-order valence-corrected chi connectivity index (χ2v) is 8.49. The summed E-state index contributed by atoms with van der Waals surface area (Å²) in [5.74, 6) is -0.938. The molecule has 1 amide bonds. The van der Waals surface area contributed by atoms with Crippen LogP contribution < -0.4 is 5.32 Å². The first-order valence-corrected chi connectivity index (χ1v) is 9.23. The molecule has 0 aliphatic carbocycles. The number of hydrogen-bond acceptors (Lipinski definition) is 4. The standard InChI is InChI=1S/C16H25NO4S/c1-6-7-8-17-15(19)12-9-11(16(2,3)4)10-13(14(12)18)22(5,20)21/h9-10,18H,6-8H2,1-5H3,(H,17,19). The quantitative estimate of drug-likeness (QED) is 0.814. The number of carbonyl (C=O) groups is 1. The van der Waals surface area contributed by atoms with Gasteiger partial charge in [0.25, 0.3) is 5.91 Å². The Morgan fingerprint density at radius 1 is 1.27 bits per heavy atom. The number of amides is 1. The van der Waals surface area contributed by atoms with Crippen molar-refractivity contribution in [2.24, 2.45) is 0 Å². The minimum absolute atomic E-state index is 0.00366. The number of hydrogen-bond donors (Lipinski definition) is 2. The van der Waals surface area contributed by atoms with Crippen molar-refractivity contribution >= 4 is 15.7 Å². The summed E-state index contributed by atoms with van der Waals surface area (Å²) in [4.78, 5) is 12.0. The van der Waals surface area contributed by atoms with Crippen LogP contribution in [0, 0.1) is 0 Å². The fourth-order valence-electron chi connectivity index (χ4n) is 1.97. The molecule has 0 saturated carbocycles. The summed E-state index contributed by atoms with van der Waals surface area (Å²) in [6.07, 6.45) is 2.78. The van der Waals surface area contributed by atoms with Gasteiger partial charge in [-0.1, -0.05) is 34.1 Å². The maximum atomic E-state index is 12.2. The van der Waals surface area contributed by atoms with E-state index in [1.54, 1.807) is 6.07 Å². The molecule has 0 aliphatic heterocycles. The van der Waals surface area contributed by atoms with Gasteiger partial charge in [0.2, 0.25) is 0 Å². The molecule has 1 rings (SSSR count). The molecule has 124 valence electrons. The highest BCUT2D eigenvalue weighted by Gasteiger charge is 2.25. The second kappa shape index (κ2) is 6.69. The number of unbranched alkanes of at least 4 members (excludes halogenated alkanes) is 1. The topological polar surface area (TPSA) is 83.5 Å². The van der Waals surface area contributed by atoms with E-state index < -0.39 is 21.5 Å². The molecule has 0 bridgehead atoms. The number of aromatic hydroxyl groups is 1. The van der Waals surface area contributed by atoms with Gasteiger partial charge in [0.05, 0.1) is 5.56 Å². The fourth-order valence-corrected chi connectivity index (χ4v) is 2.77. The van der Waals surface area contributed by atoms with Gasteiger partial charge in [-0.05, 0) is 29.5 Å². The summed E-state index contributed by atoms with van der Waals surface area (Å²) in [6, 6.07) is 3.00. The lowest BCUT2D eigenvalue weighted by molar-refractivity contribution is 0.0950. The Hall–Kier alpha value is -1.56. The van der Waals surface area contributed by atoms with Crippen LogP contribution in [0.4, 0.5) is 0 Å². The third-order valence-electron chi connectivity index (χ3n) is 3.40. The lowest BCUT2D eigenvalue weighted by atomic mass is 9.86. The number of phenolic OH excluding ortho intramolecular Hbond substituents is 1. The summed E-state index contributed by atoms with van der Waals surface area (Å²) in [7, 11) is -3.63. The SMILES string of the molecule is CCCCNC(=O)c1cc(C(C)(C)C)cc(S(C)(=O)=O)c1O. The van der Waals surface area contributed by atoms with Gasteiger partial charge in [-0.2, -0.15) is 0 Å². The van der Waals surface area contributed by atoms with Crippen molar-refractivity contribution in [3.05, 3.63) is 23.3 Å². The predicted molar refractivity (Wildman–Crippen MR) is 87.2 cm³/mol. The van der Waals surface area contributed by atoms with E-state index in [0.29, 0.717) is 12.1 Å². The smallest absolute Gasteiger partial charge is 0.255 e. The first-order chi connectivity index (χ1) is 9.98. The molecule has 22 heavy (non-hydrogen) atoms. The van der Waals surface area contributed by atoms with E-state index in [1.807, 2.05) is 27.7 Å². The average molecular weight is 327 g/mol. The molecule has 5 nitrogen and oxygen atoms in total. The molecule has 1 aromatic rings. The van der Waals surface area contributed by atoms with E-state index in [9.17, 15) is 18.3 Å². The zero-order chi connectivity index (χ0) is 17.1. The monoisotopic (exact) mass is 327 g/mol. The number of carbonyl (C=O) groups excluding carboxylic acids is 1. The van der Waals surface area contributed by atoms with Crippen LogP contribution in [0.3, 0.4) is 0 Å². The van der Waals surface area contributed by atoms with E-state index in [4.69, 9.17) is 0 Å². The van der Waals surface area contributed by atoms with Crippen LogP contribution in [0.15, 0.2) is 17.0 Å². The highest BCUT2D eigenvalue weighted by Crippen LogP contribution is 2.33. The zero-order valence-corrected chi connectivity index (χ0v) is 14.7. The van der Waals surface area contributed by atoms with Crippen LogP contribution in [0.2, 0.25) is 0 Å². The van der Waals surface area contributed by atoms with Crippen molar-refractivity contribution in [3.8, 4) is 5.75 Å². The minimum Gasteiger partial charge on any atom is -0.506 e. The Morgan fingerprint density at radius 3 is 2.32 bits per heavy atom. The Balaban J connectivity index is 3.41.